The highest BCUT2D eigenvalue weighted by Crippen LogP contribution is 2.34. The van der Waals surface area contributed by atoms with Gasteiger partial charge in [0.25, 0.3) is 0 Å². The Morgan fingerprint density at radius 3 is 2.79 bits per heavy atom. The summed E-state index contributed by atoms with van der Waals surface area (Å²) in [6.07, 6.45) is 6.43. The van der Waals surface area contributed by atoms with Crippen molar-refractivity contribution in [2.45, 2.75) is 25.5 Å². The van der Waals surface area contributed by atoms with Crippen LogP contribution >= 0.6 is 11.6 Å². The number of fused-ring (bicyclic) bond motifs is 1. The molecule has 3 aromatic rings. The van der Waals surface area contributed by atoms with E-state index >= 15 is 0 Å². The molecule has 1 aromatic heterocycles. The minimum atomic E-state index is -3.10. The Kier molecular flexibility index (Phi) is 6.95. The summed E-state index contributed by atoms with van der Waals surface area (Å²) in [6, 6.07) is 7.23. The van der Waals surface area contributed by atoms with E-state index < -0.39 is 18.3 Å². The Morgan fingerprint density at radius 2 is 2.06 bits per heavy atom. The standard InChI is InChI=1S/C22H19ClF3N5O2/c23-15-8-13(5-6-16(15)24)30-21-14-9-18(31-20(32)2-1-7-27-12-3-4-12)19(33-22(25)26)10-17(14)28-11-29-21/h1-2,5-6,8-12,22,27H,3-4,7H2,(H,31,32)(H,28,29,30)/b2-1+. The summed E-state index contributed by atoms with van der Waals surface area (Å²) in [5.41, 5.74) is 0.757. The average molecular weight is 478 g/mol. The second kappa shape index (κ2) is 10.1. The molecular weight excluding hydrogens is 459 g/mol. The molecule has 0 unspecified atom stereocenters. The molecule has 11 heteroatoms. The smallest absolute Gasteiger partial charge is 0.387 e. The molecule has 1 saturated carbocycles. The van der Waals surface area contributed by atoms with Crippen molar-refractivity contribution < 1.29 is 22.7 Å². The number of ether oxygens (including phenoxy) is 1. The molecule has 1 heterocycles. The number of amides is 1. The summed E-state index contributed by atoms with van der Waals surface area (Å²) < 4.78 is 44.0. The molecule has 1 fully saturated rings. The molecule has 0 saturated heterocycles. The predicted molar refractivity (Wildman–Crippen MR) is 120 cm³/mol. The predicted octanol–water partition coefficient (Wildman–Crippen LogP) is 5.01. The van der Waals surface area contributed by atoms with Crippen LogP contribution in [0.5, 0.6) is 5.75 Å². The summed E-state index contributed by atoms with van der Waals surface area (Å²) >= 11 is 5.83. The summed E-state index contributed by atoms with van der Waals surface area (Å²) in [4.78, 5) is 20.6. The first kappa shape index (κ1) is 22.8. The minimum Gasteiger partial charge on any atom is -0.433 e. The van der Waals surface area contributed by atoms with Crippen LogP contribution in [0.2, 0.25) is 5.02 Å². The number of nitrogens with zero attached hydrogens (tertiary/aromatic N) is 2. The first-order valence-electron chi connectivity index (χ1n) is 10.1. The van der Waals surface area contributed by atoms with Gasteiger partial charge >= 0.3 is 6.61 Å². The Hall–Kier alpha value is -3.37. The van der Waals surface area contributed by atoms with Gasteiger partial charge in [0.1, 0.15) is 18.0 Å². The van der Waals surface area contributed by atoms with Crippen molar-refractivity contribution in [2.24, 2.45) is 0 Å². The van der Waals surface area contributed by atoms with E-state index in [4.69, 9.17) is 11.6 Å². The van der Waals surface area contributed by atoms with Crippen LogP contribution in [-0.2, 0) is 4.79 Å². The molecule has 33 heavy (non-hydrogen) atoms. The second-order valence-electron chi connectivity index (χ2n) is 7.29. The zero-order valence-electron chi connectivity index (χ0n) is 17.1. The number of alkyl halides is 2. The molecule has 1 amide bonds. The minimum absolute atomic E-state index is 0.0163. The highest BCUT2D eigenvalue weighted by atomic mass is 35.5. The fraction of sp³-hybridized carbons (Fsp3) is 0.227. The van der Waals surface area contributed by atoms with E-state index in [9.17, 15) is 18.0 Å². The molecule has 0 aliphatic heterocycles. The zero-order valence-corrected chi connectivity index (χ0v) is 17.9. The maximum atomic E-state index is 13.5. The molecule has 0 radical (unpaired) electrons. The Labute approximate surface area is 192 Å². The monoisotopic (exact) mass is 477 g/mol. The van der Waals surface area contributed by atoms with Crippen LogP contribution in [0.1, 0.15) is 12.8 Å². The van der Waals surface area contributed by atoms with Crippen LogP contribution in [0.3, 0.4) is 0 Å². The van der Waals surface area contributed by atoms with Crippen molar-refractivity contribution in [3.8, 4) is 5.75 Å². The van der Waals surface area contributed by atoms with E-state index in [1.54, 1.807) is 6.08 Å². The summed E-state index contributed by atoms with van der Waals surface area (Å²) in [5.74, 6) is -1.03. The van der Waals surface area contributed by atoms with E-state index in [0.29, 0.717) is 35.0 Å². The molecule has 7 nitrogen and oxygen atoms in total. The van der Waals surface area contributed by atoms with Crippen LogP contribution < -0.4 is 20.7 Å². The normalized spacial score (nSPS) is 13.6. The van der Waals surface area contributed by atoms with E-state index in [1.165, 1.54) is 42.7 Å². The lowest BCUT2D eigenvalue weighted by atomic mass is 10.1. The van der Waals surface area contributed by atoms with Gasteiger partial charge in [-0.1, -0.05) is 17.7 Å². The Morgan fingerprint density at radius 1 is 1.24 bits per heavy atom. The molecule has 2 aromatic carbocycles. The van der Waals surface area contributed by atoms with Gasteiger partial charge in [-0.25, -0.2) is 14.4 Å². The van der Waals surface area contributed by atoms with Gasteiger partial charge in [0.05, 0.1) is 16.2 Å². The van der Waals surface area contributed by atoms with E-state index in [-0.39, 0.29) is 16.5 Å². The van der Waals surface area contributed by atoms with E-state index in [2.05, 4.69) is 30.7 Å². The molecule has 4 rings (SSSR count). The third kappa shape index (κ3) is 6.11. The number of hydrogen-bond donors (Lipinski definition) is 3. The largest absolute Gasteiger partial charge is 0.433 e. The first-order chi connectivity index (χ1) is 15.9. The molecule has 1 aliphatic carbocycles. The van der Waals surface area contributed by atoms with Crippen molar-refractivity contribution in [3.05, 3.63) is 59.7 Å². The van der Waals surface area contributed by atoms with Crippen LogP contribution in [0.15, 0.2) is 48.8 Å². The van der Waals surface area contributed by atoms with E-state index in [0.717, 1.165) is 12.8 Å². The molecule has 1 aliphatic rings. The van der Waals surface area contributed by atoms with Crippen molar-refractivity contribution in [2.75, 3.05) is 17.2 Å². The number of carbonyl (C=O) groups excluding carboxylic acids is 1. The third-order valence-electron chi connectivity index (χ3n) is 4.76. The highest BCUT2D eigenvalue weighted by molar-refractivity contribution is 6.31. The van der Waals surface area contributed by atoms with Gasteiger partial charge in [-0.05, 0) is 37.1 Å². The highest BCUT2D eigenvalue weighted by Gasteiger charge is 2.19. The van der Waals surface area contributed by atoms with Gasteiger partial charge in [-0.3, -0.25) is 4.79 Å². The lowest BCUT2D eigenvalue weighted by molar-refractivity contribution is -0.112. The van der Waals surface area contributed by atoms with Crippen molar-refractivity contribution >= 4 is 45.6 Å². The Bertz CT molecular complexity index is 1200. The average Bonchev–Trinajstić information content (AvgIpc) is 3.59. The van der Waals surface area contributed by atoms with Crippen molar-refractivity contribution in [1.29, 1.82) is 0 Å². The van der Waals surface area contributed by atoms with Gasteiger partial charge in [0, 0.05) is 35.8 Å². The summed E-state index contributed by atoms with van der Waals surface area (Å²) in [6.45, 7) is -2.57. The second-order valence-corrected chi connectivity index (χ2v) is 7.70. The quantitative estimate of drug-likeness (QED) is 0.375. The molecule has 3 N–H and O–H groups in total. The summed E-state index contributed by atoms with van der Waals surface area (Å²) in [5, 5.41) is 9.10. The maximum Gasteiger partial charge on any atom is 0.387 e. The molecule has 172 valence electrons. The van der Waals surface area contributed by atoms with Gasteiger partial charge in [-0.15, -0.1) is 0 Å². The van der Waals surface area contributed by atoms with Gasteiger partial charge < -0.3 is 20.7 Å². The zero-order chi connectivity index (χ0) is 23.4. The van der Waals surface area contributed by atoms with Crippen LogP contribution in [0.25, 0.3) is 10.9 Å². The van der Waals surface area contributed by atoms with Crippen molar-refractivity contribution in [3.63, 3.8) is 0 Å². The molecule has 0 bridgehead atoms. The molecular formula is C22H19ClF3N5O2. The number of carbonyl (C=O) groups is 1. The number of nitrogens with one attached hydrogen (secondary N) is 3. The third-order valence-corrected chi connectivity index (χ3v) is 5.05. The Balaban J connectivity index is 1.62. The van der Waals surface area contributed by atoms with E-state index in [1.807, 2.05) is 0 Å². The number of halogens is 4. The summed E-state index contributed by atoms with van der Waals surface area (Å²) in [7, 11) is 0. The molecule has 0 atom stereocenters. The number of rotatable bonds is 9. The lowest BCUT2D eigenvalue weighted by Gasteiger charge is -2.14. The van der Waals surface area contributed by atoms with Crippen LogP contribution in [-0.4, -0.2) is 35.1 Å². The number of aromatic nitrogens is 2. The number of hydrogen-bond acceptors (Lipinski definition) is 6. The first-order valence-corrected chi connectivity index (χ1v) is 10.4. The van der Waals surface area contributed by atoms with Gasteiger partial charge in [0.15, 0.2) is 5.75 Å². The molecule has 0 spiro atoms. The topological polar surface area (TPSA) is 88.2 Å². The lowest BCUT2D eigenvalue weighted by Crippen LogP contribution is -2.16. The maximum absolute atomic E-state index is 13.5. The number of anilines is 3. The van der Waals surface area contributed by atoms with Crippen molar-refractivity contribution in [1.82, 2.24) is 15.3 Å². The van der Waals surface area contributed by atoms with Crippen LogP contribution in [0, 0.1) is 5.82 Å². The number of benzene rings is 2. The SMILES string of the molecule is O=C(/C=C/CNC1CC1)Nc1cc2c(Nc3ccc(F)c(Cl)c3)ncnc2cc1OC(F)F. The van der Waals surface area contributed by atoms with Gasteiger partial charge in [-0.2, -0.15) is 8.78 Å². The van der Waals surface area contributed by atoms with Crippen LogP contribution in [0.4, 0.5) is 30.4 Å². The fourth-order valence-electron chi connectivity index (χ4n) is 3.05. The van der Waals surface area contributed by atoms with Gasteiger partial charge in [0.2, 0.25) is 5.91 Å². The fourth-order valence-corrected chi connectivity index (χ4v) is 3.23.